The number of carbonyl (C=O) groups excluding carboxylic acids is 1. The zero-order valence-corrected chi connectivity index (χ0v) is 13.8. The van der Waals surface area contributed by atoms with E-state index in [2.05, 4.69) is 40.8 Å². The van der Waals surface area contributed by atoms with Crippen LogP contribution in [0.5, 0.6) is 0 Å². The zero-order chi connectivity index (χ0) is 16.9. The number of fused-ring (bicyclic) bond motifs is 1. The minimum absolute atomic E-state index is 0.278. The van der Waals surface area contributed by atoms with Crippen LogP contribution < -0.4 is 15.5 Å². The molecule has 1 heterocycles. The lowest BCUT2D eigenvalue weighted by atomic mass is 9.98. The summed E-state index contributed by atoms with van der Waals surface area (Å²) in [5, 5.41) is 5.52. The fourth-order valence-electron chi connectivity index (χ4n) is 3.02. The van der Waals surface area contributed by atoms with Crippen LogP contribution in [-0.2, 0) is 12.8 Å². The van der Waals surface area contributed by atoms with Crippen LogP contribution in [0.4, 0.5) is 20.6 Å². The van der Waals surface area contributed by atoms with Gasteiger partial charge < -0.3 is 15.5 Å². The number of anilines is 2. The third kappa shape index (κ3) is 4.04. The maximum Gasteiger partial charge on any atom is 0.319 e. The molecule has 0 aliphatic carbocycles. The Bertz CT molecular complexity index is 715. The SMILES string of the molecule is CN1CCCc2cc(CCNC(=O)Nc3ccc(F)cc3)ccc21. The van der Waals surface area contributed by atoms with Crippen molar-refractivity contribution in [1.29, 1.82) is 0 Å². The fourth-order valence-corrected chi connectivity index (χ4v) is 3.02. The number of amides is 2. The molecule has 24 heavy (non-hydrogen) atoms. The quantitative estimate of drug-likeness (QED) is 0.901. The first kappa shape index (κ1) is 16.3. The summed E-state index contributed by atoms with van der Waals surface area (Å²) in [5.41, 5.74) is 4.50. The Hall–Kier alpha value is -2.56. The van der Waals surface area contributed by atoms with E-state index in [9.17, 15) is 9.18 Å². The van der Waals surface area contributed by atoms with E-state index < -0.39 is 0 Å². The highest BCUT2D eigenvalue weighted by Gasteiger charge is 2.13. The van der Waals surface area contributed by atoms with Crippen LogP contribution in [0.3, 0.4) is 0 Å². The molecular weight excluding hydrogens is 305 g/mol. The molecule has 0 unspecified atom stereocenters. The van der Waals surface area contributed by atoms with E-state index in [1.165, 1.54) is 47.5 Å². The predicted octanol–water partition coefficient (Wildman–Crippen LogP) is 3.57. The summed E-state index contributed by atoms with van der Waals surface area (Å²) in [6.45, 7) is 1.67. The molecule has 2 amide bonds. The third-order valence-corrected chi connectivity index (χ3v) is 4.30. The lowest BCUT2D eigenvalue weighted by molar-refractivity contribution is 0.252. The standard InChI is InChI=1S/C19H22FN3O/c1-23-12-2-3-15-13-14(4-9-18(15)23)10-11-21-19(24)22-17-7-5-16(20)6-8-17/h4-9,13H,2-3,10-12H2,1H3,(H2,21,22,24). The number of hydrogen-bond acceptors (Lipinski definition) is 2. The van der Waals surface area contributed by atoms with Gasteiger partial charge >= 0.3 is 6.03 Å². The molecule has 0 saturated carbocycles. The molecule has 0 radical (unpaired) electrons. The average Bonchev–Trinajstić information content (AvgIpc) is 2.57. The van der Waals surface area contributed by atoms with E-state index in [-0.39, 0.29) is 11.8 Å². The molecule has 1 aliphatic heterocycles. The molecule has 0 fully saturated rings. The molecule has 0 atom stereocenters. The summed E-state index contributed by atoms with van der Waals surface area (Å²) >= 11 is 0. The van der Waals surface area contributed by atoms with Crippen molar-refractivity contribution >= 4 is 17.4 Å². The highest BCUT2D eigenvalue weighted by molar-refractivity contribution is 5.89. The second-order valence-corrected chi connectivity index (χ2v) is 6.13. The van der Waals surface area contributed by atoms with Gasteiger partial charge in [0.15, 0.2) is 0 Å². The Morgan fingerprint density at radius 2 is 2.00 bits per heavy atom. The fraction of sp³-hybridized carbons (Fsp3) is 0.316. The molecule has 5 heteroatoms. The number of rotatable bonds is 4. The summed E-state index contributed by atoms with van der Waals surface area (Å²) in [4.78, 5) is 14.1. The van der Waals surface area contributed by atoms with Crippen molar-refractivity contribution in [1.82, 2.24) is 5.32 Å². The van der Waals surface area contributed by atoms with E-state index in [4.69, 9.17) is 0 Å². The molecule has 0 saturated heterocycles. The third-order valence-electron chi connectivity index (χ3n) is 4.30. The number of nitrogens with one attached hydrogen (secondary N) is 2. The van der Waals surface area contributed by atoms with Gasteiger partial charge in [0.1, 0.15) is 5.82 Å². The summed E-state index contributed by atoms with van der Waals surface area (Å²) in [7, 11) is 2.12. The second kappa shape index (κ2) is 7.34. The Kier molecular flexibility index (Phi) is 4.99. The Morgan fingerprint density at radius 1 is 1.21 bits per heavy atom. The second-order valence-electron chi connectivity index (χ2n) is 6.13. The molecule has 4 nitrogen and oxygen atoms in total. The van der Waals surface area contributed by atoms with Gasteiger partial charge in [0, 0.05) is 31.5 Å². The highest BCUT2D eigenvalue weighted by Crippen LogP contribution is 2.26. The topological polar surface area (TPSA) is 44.4 Å². The van der Waals surface area contributed by atoms with Gasteiger partial charge in [0.2, 0.25) is 0 Å². The van der Waals surface area contributed by atoms with E-state index in [0.717, 1.165) is 19.4 Å². The maximum absolute atomic E-state index is 12.8. The maximum atomic E-state index is 12.8. The molecule has 0 spiro atoms. The summed E-state index contributed by atoms with van der Waals surface area (Å²) in [6.07, 6.45) is 3.09. The van der Waals surface area contributed by atoms with Crippen LogP contribution >= 0.6 is 0 Å². The van der Waals surface area contributed by atoms with Gasteiger partial charge in [-0.05, 0) is 60.7 Å². The first-order valence-corrected chi connectivity index (χ1v) is 8.25. The summed E-state index contributed by atoms with van der Waals surface area (Å²) in [5.74, 6) is -0.320. The summed E-state index contributed by atoms with van der Waals surface area (Å²) in [6, 6.07) is 12.0. The molecule has 2 aromatic rings. The number of urea groups is 1. The van der Waals surface area contributed by atoms with Crippen molar-refractivity contribution in [3.05, 3.63) is 59.4 Å². The number of benzene rings is 2. The number of halogens is 1. The number of carbonyl (C=O) groups is 1. The van der Waals surface area contributed by atoms with Crippen LogP contribution in [0.15, 0.2) is 42.5 Å². The largest absolute Gasteiger partial charge is 0.374 e. The van der Waals surface area contributed by atoms with E-state index in [1.54, 1.807) is 0 Å². The van der Waals surface area contributed by atoms with Crippen molar-refractivity contribution in [2.24, 2.45) is 0 Å². The van der Waals surface area contributed by atoms with Crippen LogP contribution in [-0.4, -0.2) is 26.2 Å². The highest BCUT2D eigenvalue weighted by atomic mass is 19.1. The van der Waals surface area contributed by atoms with E-state index in [0.29, 0.717) is 12.2 Å². The van der Waals surface area contributed by atoms with Gasteiger partial charge in [0.05, 0.1) is 0 Å². The molecule has 3 rings (SSSR count). The molecule has 0 aromatic heterocycles. The van der Waals surface area contributed by atoms with Crippen LogP contribution in [0.1, 0.15) is 17.5 Å². The minimum atomic E-state index is -0.320. The van der Waals surface area contributed by atoms with E-state index >= 15 is 0 Å². The Morgan fingerprint density at radius 3 is 2.79 bits per heavy atom. The normalized spacial score (nSPS) is 13.3. The molecule has 2 aromatic carbocycles. The zero-order valence-electron chi connectivity index (χ0n) is 13.8. The first-order valence-electron chi connectivity index (χ1n) is 8.25. The number of nitrogens with zero attached hydrogens (tertiary/aromatic N) is 1. The number of aryl methyl sites for hydroxylation is 1. The monoisotopic (exact) mass is 327 g/mol. The van der Waals surface area contributed by atoms with Gasteiger partial charge in [-0.2, -0.15) is 0 Å². The van der Waals surface area contributed by atoms with Gasteiger partial charge in [-0.25, -0.2) is 9.18 Å². The van der Waals surface area contributed by atoms with Gasteiger partial charge in [-0.15, -0.1) is 0 Å². The smallest absolute Gasteiger partial charge is 0.319 e. The van der Waals surface area contributed by atoms with Gasteiger partial charge in [0.25, 0.3) is 0 Å². The molecule has 126 valence electrons. The first-order chi connectivity index (χ1) is 11.6. The van der Waals surface area contributed by atoms with Gasteiger partial charge in [-0.3, -0.25) is 0 Å². The predicted molar refractivity (Wildman–Crippen MR) is 95.2 cm³/mol. The summed E-state index contributed by atoms with van der Waals surface area (Å²) < 4.78 is 12.8. The average molecular weight is 327 g/mol. The number of hydrogen-bond donors (Lipinski definition) is 2. The van der Waals surface area contributed by atoms with Gasteiger partial charge in [-0.1, -0.05) is 12.1 Å². The van der Waals surface area contributed by atoms with Crippen molar-refractivity contribution in [3.63, 3.8) is 0 Å². The Labute approximate surface area is 141 Å². The van der Waals surface area contributed by atoms with Crippen molar-refractivity contribution in [3.8, 4) is 0 Å². The molecule has 2 N–H and O–H groups in total. The molecular formula is C19H22FN3O. The van der Waals surface area contributed by atoms with Crippen LogP contribution in [0.25, 0.3) is 0 Å². The van der Waals surface area contributed by atoms with Crippen molar-refractivity contribution in [2.75, 3.05) is 30.4 Å². The lowest BCUT2D eigenvalue weighted by Crippen LogP contribution is -2.30. The molecule has 1 aliphatic rings. The minimum Gasteiger partial charge on any atom is -0.374 e. The van der Waals surface area contributed by atoms with Crippen LogP contribution in [0.2, 0.25) is 0 Å². The molecule has 0 bridgehead atoms. The lowest BCUT2D eigenvalue weighted by Gasteiger charge is -2.27. The van der Waals surface area contributed by atoms with Crippen LogP contribution in [0, 0.1) is 5.82 Å². The van der Waals surface area contributed by atoms with E-state index in [1.807, 2.05) is 0 Å². The Balaban J connectivity index is 1.49. The van der Waals surface area contributed by atoms with Crippen molar-refractivity contribution in [2.45, 2.75) is 19.3 Å². The van der Waals surface area contributed by atoms with Crippen molar-refractivity contribution < 1.29 is 9.18 Å².